The van der Waals surface area contributed by atoms with Crippen molar-refractivity contribution in [2.24, 2.45) is 0 Å². The molecule has 1 fully saturated rings. The van der Waals surface area contributed by atoms with E-state index in [-0.39, 0.29) is 16.8 Å². The minimum atomic E-state index is -3.57. The largest absolute Gasteiger partial charge is 0.298 e. The Bertz CT molecular complexity index is 1040. The van der Waals surface area contributed by atoms with Crippen molar-refractivity contribution in [3.05, 3.63) is 40.4 Å². The maximum Gasteiger partial charge on any atom is 0.257 e. The van der Waals surface area contributed by atoms with Gasteiger partial charge in [0, 0.05) is 43.0 Å². The molecule has 1 saturated carbocycles. The van der Waals surface area contributed by atoms with E-state index in [1.807, 2.05) is 0 Å². The van der Waals surface area contributed by atoms with Crippen LogP contribution in [0.4, 0.5) is 5.13 Å². The number of aromatic nitrogens is 1. The van der Waals surface area contributed by atoms with Crippen LogP contribution in [0, 0.1) is 0 Å². The minimum absolute atomic E-state index is 0.0564. The quantitative estimate of drug-likeness (QED) is 0.650. The predicted octanol–water partition coefficient (Wildman–Crippen LogP) is 4.12. The SMILES string of the molecule is CCCN1CCc2nc(NC(=O)c3ccc(S(=O)(=O)N(C)C4CCCCC4)cc3)sc2C1. The summed E-state index contributed by atoms with van der Waals surface area (Å²) in [6, 6.07) is 6.26. The van der Waals surface area contributed by atoms with Gasteiger partial charge in [0.2, 0.25) is 10.0 Å². The number of sulfonamides is 1. The van der Waals surface area contributed by atoms with Gasteiger partial charge in [-0.05, 0) is 50.1 Å². The van der Waals surface area contributed by atoms with Gasteiger partial charge < -0.3 is 0 Å². The van der Waals surface area contributed by atoms with Gasteiger partial charge in [-0.2, -0.15) is 4.31 Å². The number of rotatable bonds is 7. The van der Waals surface area contributed by atoms with Crippen LogP contribution in [0.15, 0.2) is 29.2 Å². The summed E-state index contributed by atoms with van der Waals surface area (Å²) in [5, 5.41) is 3.49. The number of hydrogen-bond acceptors (Lipinski definition) is 6. The highest BCUT2D eigenvalue weighted by molar-refractivity contribution is 7.89. The number of nitrogens with zero attached hydrogens (tertiary/aromatic N) is 3. The molecule has 1 aliphatic carbocycles. The average molecular weight is 477 g/mol. The van der Waals surface area contributed by atoms with Crippen LogP contribution in [-0.2, 0) is 23.0 Å². The molecule has 0 radical (unpaired) electrons. The monoisotopic (exact) mass is 476 g/mol. The number of amides is 1. The lowest BCUT2D eigenvalue weighted by Crippen LogP contribution is -2.38. The van der Waals surface area contributed by atoms with Crippen LogP contribution in [0.2, 0.25) is 0 Å². The van der Waals surface area contributed by atoms with E-state index in [2.05, 4.69) is 22.1 Å². The highest BCUT2D eigenvalue weighted by Gasteiger charge is 2.29. The molecule has 1 aromatic heterocycles. The summed E-state index contributed by atoms with van der Waals surface area (Å²) in [7, 11) is -1.90. The van der Waals surface area contributed by atoms with Gasteiger partial charge in [-0.15, -0.1) is 11.3 Å². The zero-order valence-electron chi connectivity index (χ0n) is 18.8. The summed E-state index contributed by atoms with van der Waals surface area (Å²) in [5.41, 5.74) is 1.50. The van der Waals surface area contributed by atoms with Crippen molar-refractivity contribution in [2.45, 2.75) is 69.4 Å². The highest BCUT2D eigenvalue weighted by atomic mass is 32.2. The Kier molecular flexibility index (Phi) is 7.29. The van der Waals surface area contributed by atoms with Crippen LogP contribution in [0.25, 0.3) is 0 Å². The first-order valence-corrected chi connectivity index (χ1v) is 13.7. The zero-order chi connectivity index (χ0) is 22.7. The molecule has 0 bridgehead atoms. The number of carbonyl (C=O) groups excluding carboxylic acids is 1. The molecule has 0 atom stereocenters. The Balaban J connectivity index is 1.41. The first kappa shape index (κ1) is 23.4. The van der Waals surface area contributed by atoms with Crippen molar-refractivity contribution in [1.29, 1.82) is 0 Å². The van der Waals surface area contributed by atoms with Crippen LogP contribution in [0.5, 0.6) is 0 Å². The van der Waals surface area contributed by atoms with Crippen LogP contribution >= 0.6 is 11.3 Å². The Labute approximate surface area is 194 Å². The zero-order valence-corrected chi connectivity index (χ0v) is 20.5. The van der Waals surface area contributed by atoms with E-state index < -0.39 is 10.0 Å². The summed E-state index contributed by atoms with van der Waals surface area (Å²) in [5.74, 6) is -0.272. The fourth-order valence-corrected chi connectivity index (χ4v) is 7.03. The number of nitrogens with one attached hydrogen (secondary N) is 1. The fourth-order valence-electron chi connectivity index (χ4n) is 4.56. The van der Waals surface area contributed by atoms with Crippen molar-refractivity contribution in [2.75, 3.05) is 25.5 Å². The molecule has 2 aliphatic rings. The molecular formula is C23H32N4O3S2. The molecule has 1 aromatic carbocycles. The number of thiazole rings is 1. The van der Waals surface area contributed by atoms with Gasteiger partial charge in [-0.1, -0.05) is 26.2 Å². The first-order valence-electron chi connectivity index (χ1n) is 11.5. The van der Waals surface area contributed by atoms with Crippen molar-refractivity contribution in [3.8, 4) is 0 Å². The molecule has 2 heterocycles. The van der Waals surface area contributed by atoms with Crippen LogP contribution in [-0.4, -0.2) is 54.7 Å². The molecule has 4 rings (SSSR count). The standard InChI is InChI=1S/C23H32N4O3S2/c1-3-14-27-15-13-20-21(16-27)31-23(24-20)25-22(28)17-9-11-19(12-10-17)32(29,30)26(2)18-7-5-4-6-8-18/h9-12,18H,3-8,13-16H2,1-2H3,(H,24,25,28). The second kappa shape index (κ2) is 9.99. The minimum Gasteiger partial charge on any atom is -0.298 e. The Morgan fingerprint density at radius 1 is 1.22 bits per heavy atom. The van der Waals surface area contributed by atoms with E-state index in [0.29, 0.717) is 10.7 Å². The molecule has 1 amide bonds. The van der Waals surface area contributed by atoms with Crippen molar-refractivity contribution in [1.82, 2.24) is 14.2 Å². The molecule has 1 aliphatic heterocycles. The van der Waals surface area contributed by atoms with E-state index in [9.17, 15) is 13.2 Å². The summed E-state index contributed by atoms with van der Waals surface area (Å²) < 4.78 is 27.5. The maximum atomic E-state index is 13.0. The summed E-state index contributed by atoms with van der Waals surface area (Å²) in [4.78, 5) is 21.2. The number of hydrogen-bond donors (Lipinski definition) is 1. The molecule has 9 heteroatoms. The van der Waals surface area contributed by atoms with Crippen molar-refractivity contribution < 1.29 is 13.2 Å². The van der Waals surface area contributed by atoms with Gasteiger partial charge in [0.05, 0.1) is 10.6 Å². The maximum absolute atomic E-state index is 13.0. The second-order valence-corrected chi connectivity index (χ2v) is 11.8. The van der Waals surface area contributed by atoms with E-state index in [1.165, 1.54) is 39.1 Å². The summed E-state index contributed by atoms with van der Waals surface area (Å²) >= 11 is 1.53. The molecule has 0 saturated heterocycles. The van der Waals surface area contributed by atoms with E-state index in [0.717, 1.165) is 63.9 Å². The van der Waals surface area contributed by atoms with Gasteiger partial charge in [-0.25, -0.2) is 13.4 Å². The van der Waals surface area contributed by atoms with Gasteiger partial charge >= 0.3 is 0 Å². The molecule has 32 heavy (non-hydrogen) atoms. The first-order chi connectivity index (χ1) is 15.4. The summed E-state index contributed by atoms with van der Waals surface area (Å²) in [6.45, 7) is 5.14. The van der Waals surface area contributed by atoms with Gasteiger partial charge in [0.1, 0.15) is 0 Å². The molecular weight excluding hydrogens is 444 g/mol. The molecule has 0 spiro atoms. The van der Waals surface area contributed by atoms with E-state index >= 15 is 0 Å². The van der Waals surface area contributed by atoms with E-state index in [4.69, 9.17) is 0 Å². The molecule has 2 aromatic rings. The third-order valence-electron chi connectivity index (χ3n) is 6.45. The third kappa shape index (κ3) is 5.06. The smallest absolute Gasteiger partial charge is 0.257 e. The Hall–Kier alpha value is -1.81. The number of carbonyl (C=O) groups is 1. The number of fused-ring (bicyclic) bond motifs is 1. The average Bonchev–Trinajstić information content (AvgIpc) is 3.21. The van der Waals surface area contributed by atoms with Gasteiger partial charge in [-0.3, -0.25) is 15.0 Å². The lowest BCUT2D eigenvalue weighted by Gasteiger charge is -2.30. The Morgan fingerprint density at radius 2 is 1.94 bits per heavy atom. The van der Waals surface area contributed by atoms with Crippen LogP contribution in [0.3, 0.4) is 0 Å². The molecule has 1 N–H and O–H groups in total. The van der Waals surface area contributed by atoms with Crippen molar-refractivity contribution in [3.63, 3.8) is 0 Å². The normalized spacial score (nSPS) is 18.0. The van der Waals surface area contributed by atoms with Crippen LogP contribution < -0.4 is 5.32 Å². The fraction of sp³-hybridized carbons (Fsp3) is 0.565. The Morgan fingerprint density at radius 3 is 2.62 bits per heavy atom. The van der Waals surface area contributed by atoms with Crippen LogP contribution in [0.1, 0.15) is 66.4 Å². The van der Waals surface area contributed by atoms with Gasteiger partial charge in [0.25, 0.3) is 5.91 Å². The molecule has 0 unspecified atom stereocenters. The number of benzene rings is 1. The van der Waals surface area contributed by atoms with E-state index in [1.54, 1.807) is 19.2 Å². The predicted molar refractivity (Wildman–Crippen MR) is 128 cm³/mol. The third-order valence-corrected chi connectivity index (χ3v) is 9.38. The van der Waals surface area contributed by atoms with Gasteiger partial charge in [0.15, 0.2) is 5.13 Å². The second-order valence-electron chi connectivity index (χ2n) is 8.71. The van der Waals surface area contributed by atoms with Crippen molar-refractivity contribution >= 4 is 32.4 Å². The summed E-state index contributed by atoms with van der Waals surface area (Å²) in [6.07, 6.45) is 7.16. The lowest BCUT2D eigenvalue weighted by molar-refractivity contribution is 0.102. The number of anilines is 1. The highest BCUT2D eigenvalue weighted by Crippen LogP contribution is 2.29. The molecule has 174 valence electrons. The lowest BCUT2D eigenvalue weighted by atomic mass is 9.96. The molecule has 7 nitrogen and oxygen atoms in total. The topological polar surface area (TPSA) is 82.6 Å².